The molecule has 0 spiro atoms. The van der Waals surface area contributed by atoms with E-state index < -0.39 is 41.5 Å². The van der Waals surface area contributed by atoms with Gasteiger partial charge in [-0.25, -0.2) is 13.5 Å². The van der Waals surface area contributed by atoms with Gasteiger partial charge in [-0.2, -0.15) is 5.10 Å². The number of Topliss-reactive ketones (excluding diaryl/α,β-unsaturated/α-hetero) is 2. The van der Waals surface area contributed by atoms with Crippen LogP contribution in [-0.2, 0) is 49.7 Å². The standard InChI is InChI=1S/C20H20ClFN4O2.C19H18ClFN2O2.C4H6N4.CH2O2.ClH/c21-15-6-5-11(7-16(15)22)8-17(27)19(28)26-18-13(10-25-20(23)24)9-12-3-1-2-4-14(12)18;20-15-6-5-11(7-16(15)21)8-17(24)19(25)23-18-13(10-22)9-12-3-1-2-4-14(12)18;5-4(6)8-3-1-2-7-8;2-1-3;/h1-7,13,18H,8-10H2,(H,26,28)(H4,23,24,25);1-7,13,18H,8-10,22H2,(H,23,25);1-3H,(H3,5,6);1H,(H,2,3);1H/t2*13-,18-;;;/m11.../s1. The summed E-state index contributed by atoms with van der Waals surface area (Å²) < 4.78 is 28.3. The van der Waals surface area contributed by atoms with Crippen LogP contribution in [0.1, 0.15) is 45.5 Å². The maximum atomic E-state index is 13.6. The Morgan fingerprint density at radius 2 is 1.23 bits per heavy atom. The number of halogens is 5. The van der Waals surface area contributed by atoms with Crippen LogP contribution in [0.5, 0.6) is 0 Å². The summed E-state index contributed by atoms with van der Waals surface area (Å²) in [5.74, 6) is -3.82. The molecule has 2 aliphatic rings. The summed E-state index contributed by atoms with van der Waals surface area (Å²) in [6.45, 7) is 0.370. The molecule has 0 saturated heterocycles. The highest BCUT2D eigenvalue weighted by atomic mass is 35.5. The van der Waals surface area contributed by atoms with Crippen molar-refractivity contribution in [3.05, 3.63) is 158 Å². The molecule has 1 heterocycles. The number of nitrogen functional groups attached to an aromatic ring is 1. The van der Waals surface area contributed by atoms with Gasteiger partial charge < -0.3 is 32.0 Å². The van der Waals surface area contributed by atoms with E-state index in [0.29, 0.717) is 24.2 Å². The molecule has 12 N–H and O–H groups in total. The fourth-order valence-electron chi connectivity index (χ4n) is 7.09. The number of carbonyl (C=O) groups excluding carboxylic acids is 5. The van der Waals surface area contributed by atoms with Crippen LogP contribution in [0.3, 0.4) is 0 Å². The number of fused-ring (bicyclic) bond motifs is 2. The molecule has 0 fully saturated rings. The molecular formula is C44H47Cl3F2N10O6. The van der Waals surface area contributed by atoms with E-state index in [2.05, 4.69) is 20.7 Å². The van der Waals surface area contributed by atoms with Gasteiger partial charge in [0.05, 0.1) is 28.7 Å². The molecule has 1 aromatic heterocycles. The van der Waals surface area contributed by atoms with E-state index in [4.69, 9.17) is 61.4 Å². The quantitative estimate of drug-likeness (QED) is 0.0400. The van der Waals surface area contributed by atoms with Crippen molar-refractivity contribution < 1.29 is 42.9 Å². The van der Waals surface area contributed by atoms with Crippen LogP contribution in [0.2, 0.25) is 10.0 Å². The van der Waals surface area contributed by atoms with Gasteiger partial charge >= 0.3 is 5.96 Å². The fourth-order valence-corrected chi connectivity index (χ4v) is 7.33. The highest BCUT2D eigenvalue weighted by molar-refractivity contribution is 6.37. The van der Waals surface area contributed by atoms with E-state index in [0.717, 1.165) is 41.2 Å². The van der Waals surface area contributed by atoms with E-state index in [1.807, 2.05) is 48.5 Å². The van der Waals surface area contributed by atoms with Crippen molar-refractivity contribution in [3.63, 3.8) is 0 Å². The van der Waals surface area contributed by atoms with Crippen molar-refractivity contribution >= 4 is 77.4 Å². The van der Waals surface area contributed by atoms with Gasteiger partial charge in [-0.15, -0.1) is 12.4 Å². The number of rotatable bonds is 11. The van der Waals surface area contributed by atoms with Crippen molar-refractivity contribution in [2.24, 2.45) is 34.8 Å². The summed E-state index contributed by atoms with van der Waals surface area (Å²) in [5, 5.41) is 24.3. The monoisotopic (exact) mass is 954 g/mol. The Morgan fingerprint density at radius 3 is 1.62 bits per heavy atom. The number of carboxylic acid groups (broad SMARTS) is 1. The minimum atomic E-state index is -0.716. The van der Waals surface area contributed by atoms with Gasteiger partial charge in [-0.3, -0.25) is 41.0 Å². The Bertz CT molecular complexity index is 2490. The summed E-state index contributed by atoms with van der Waals surface area (Å²) >= 11 is 11.3. The van der Waals surface area contributed by atoms with Gasteiger partial charge in [0, 0.05) is 37.6 Å². The molecule has 2 amide bonds. The number of guanidine groups is 1. The van der Waals surface area contributed by atoms with Crippen molar-refractivity contribution in [3.8, 4) is 0 Å². The van der Waals surface area contributed by atoms with Gasteiger partial charge in [-0.1, -0.05) is 83.9 Å². The largest absolute Gasteiger partial charge is 0.554 e. The number of nitrogens with one attached hydrogen (secondary N) is 4. The van der Waals surface area contributed by atoms with Crippen molar-refractivity contribution in [1.82, 2.24) is 20.4 Å². The Hall–Kier alpha value is -6.73. The molecule has 21 heteroatoms. The third-order valence-corrected chi connectivity index (χ3v) is 10.7. The van der Waals surface area contributed by atoms with Crippen LogP contribution in [-0.4, -0.2) is 64.6 Å². The zero-order valence-corrected chi connectivity index (χ0v) is 36.8. The predicted octanol–water partition coefficient (Wildman–Crippen LogP) is 0.966. The molecule has 0 aliphatic heterocycles. The highest BCUT2D eigenvalue weighted by Crippen LogP contribution is 2.36. The summed E-state index contributed by atoms with van der Waals surface area (Å²) in [6, 6.07) is 24.7. The van der Waals surface area contributed by atoms with E-state index in [1.54, 1.807) is 18.5 Å². The fraction of sp³-hybridized carbons (Fsp3) is 0.227. The SMILES string of the molecule is Cl.N=C(N)n1cccn1.NC(N)=[NH+]C[C@H]1Cc2ccccc2[C@@H]1NC(=O)C(=O)Cc1ccc(Cl)c(F)c1.NC[C@H]1Cc2ccccc2[C@@H]1NC(=O)C(=O)Cc1ccc(Cl)c(F)c1.O=C[O-]. The molecule has 7 rings (SSSR count). The van der Waals surface area contributed by atoms with Crippen LogP contribution in [0.15, 0.2) is 103 Å². The molecule has 344 valence electrons. The lowest BCUT2D eigenvalue weighted by Crippen LogP contribution is -2.79. The van der Waals surface area contributed by atoms with E-state index in [1.165, 1.54) is 35.0 Å². The van der Waals surface area contributed by atoms with Gasteiger partial charge in [0.15, 0.2) is 0 Å². The number of amides is 2. The zero-order valence-electron chi connectivity index (χ0n) is 34.5. The minimum Gasteiger partial charge on any atom is -0.554 e. The molecule has 0 radical (unpaired) electrons. The first-order valence-electron chi connectivity index (χ1n) is 19.5. The molecular weight excluding hydrogens is 909 g/mol. The summed E-state index contributed by atoms with van der Waals surface area (Å²) in [4.78, 5) is 60.5. The molecule has 4 atom stereocenters. The average Bonchev–Trinajstić information content (AvgIpc) is 4.02. The maximum absolute atomic E-state index is 13.6. The van der Waals surface area contributed by atoms with Gasteiger partial charge in [0.1, 0.15) is 11.6 Å². The summed E-state index contributed by atoms with van der Waals surface area (Å²) in [6.07, 6.45) is 4.29. The maximum Gasteiger partial charge on any atom is 0.338 e. The zero-order chi connectivity index (χ0) is 46.9. The Kier molecular flexibility index (Phi) is 20.7. The molecule has 0 bridgehead atoms. The van der Waals surface area contributed by atoms with Crippen LogP contribution < -0.4 is 43.7 Å². The number of aromatic nitrogens is 2. The first-order valence-corrected chi connectivity index (χ1v) is 20.2. The molecule has 4 aromatic carbocycles. The third kappa shape index (κ3) is 15.2. The van der Waals surface area contributed by atoms with E-state index >= 15 is 0 Å². The summed E-state index contributed by atoms with van der Waals surface area (Å²) in [7, 11) is 0. The van der Waals surface area contributed by atoms with Crippen LogP contribution in [0.25, 0.3) is 0 Å². The molecule has 65 heavy (non-hydrogen) atoms. The number of ketones is 2. The third-order valence-electron chi connectivity index (χ3n) is 10.1. The number of benzene rings is 4. The van der Waals surface area contributed by atoms with Crippen LogP contribution in [0, 0.1) is 28.9 Å². The lowest BCUT2D eigenvalue weighted by molar-refractivity contribution is -0.469. The Morgan fingerprint density at radius 1 is 0.785 bits per heavy atom. The highest BCUT2D eigenvalue weighted by Gasteiger charge is 2.35. The lowest BCUT2D eigenvalue weighted by atomic mass is 10.00. The topological polar surface area (TPSA) is 292 Å². The van der Waals surface area contributed by atoms with Crippen molar-refractivity contribution in [2.75, 3.05) is 13.1 Å². The van der Waals surface area contributed by atoms with Gasteiger partial charge in [-0.05, 0) is 89.0 Å². The molecule has 0 saturated carbocycles. The number of hydrogen-bond acceptors (Lipinski definition) is 9. The Labute approximate surface area is 388 Å². The van der Waals surface area contributed by atoms with Crippen molar-refractivity contribution in [2.45, 2.75) is 37.8 Å². The van der Waals surface area contributed by atoms with Crippen LogP contribution in [0.4, 0.5) is 8.78 Å². The van der Waals surface area contributed by atoms with Crippen LogP contribution >= 0.6 is 35.6 Å². The number of carbonyl (C=O) groups is 5. The number of nitrogens with two attached hydrogens (primary N) is 4. The van der Waals surface area contributed by atoms with Crippen molar-refractivity contribution in [1.29, 1.82) is 5.41 Å². The normalized spacial score (nSPS) is 16.1. The van der Waals surface area contributed by atoms with Gasteiger partial charge in [0.25, 0.3) is 11.8 Å². The molecule has 5 aromatic rings. The number of nitrogens with zero attached hydrogens (tertiary/aromatic N) is 2. The average molecular weight is 956 g/mol. The second kappa shape index (κ2) is 25.5. The molecule has 2 aliphatic carbocycles. The lowest BCUT2D eigenvalue weighted by Gasteiger charge is -2.20. The molecule has 0 unspecified atom stereocenters. The second-order valence-corrected chi connectivity index (χ2v) is 15.2. The van der Waals surface area contributed by atoms with Gasteiger partial charge in [0.2, 0.25) is 17.5 Å². The smallest absolute Gasteiger partial charge is 0.338 e. The second-order valence-electron chi connectivity index (χ2n) is 14.4. The van der Waals surface area contributed by atoms with E-state index in [-0.39, 0.29) is 71.1 Å². The first-order chi connectivity index (χ1) is 30.6. The van der Waals surface area contributed by atoms with E-state index in [9.17, 15) is 28.0 Å². The minimum absolute atomic E-state index is 0. The first kappa shape index (κ1) is 52.6. The Balaban J connectivity index is 0.000000278. The number of hydrogen-bond donors (Lipinski definition) is 8. The predicted molar refractivity (Wildman–Crippen MR) is 240 cm³/mol. The summed E-state index contributed by atoms with van der Waals surface area (Å²) in [5.41, 5.74) is 26.8. The molecule has 16 nitrogen and oxygen atoms in total.